The molecule has 0 saturated carbocycles. The molecule has 1 aliphatic rings. The Morgan fingerprint density at radius 3 is 2.91 bits per heavy atom. The van der Waals surface area contributed by atoms with E-state index < -0.39 is 11.9 Å². The first kappa shape index (κ1) is 22.7. The van der Waals surface area contributed by atoms with Crippen LogP contribution >= 0.6 is 15.9 Å². The molecule has 0 radical (unpaired) electrons. The molecule has 33 heavy (non-hydrogen) atoms. The molecule has 2 N–H and O–H groups in total. The highest BCUT2D eigenvalue weighted by Gasteiger charge is 2.34. The number of aromatic nitrogens is 3. The van der Waals surface area contributed by atoms with Crippen LogP contribution in [0, 0.1) is 17.1 Å². The van der Waals surface area contributed by atoms with Gasteiger partial charge in [0.25, 0.3) is 5.91 Å². The summed E-state index contributed by atoms with van der Waals surface area (Å²) in [6.07, 6.45) is 2.42. The van der Waals surface area contributed by atoms with Gasteiger partial charge in [-0.2, -0.15) is 10.4 Å². The molecule has 8 nitrogen and oxygen atoms in total. The van der Waals surface area contributed by atoms with E-state index in [9.17, 15) is 14.4 Å². The maximum Gasteiger partial charge on any atom is 0.254 e. The van der Waals surface area contributed by atoms with Gasteiger partial charge in [-0.1, -0.05) is 0 Å². The van der Waals surface area contributed by atoms with Gasteiger partial charge < -0.3 is 15.4 Å². The first-order valence-electron chi connectivity index (χ1n) is 10.4. The van der Waals surface area contributed by atoms with E-state index in [1.807, 2.05) is 0 Å². The zero-order valence-electron chi connectivity index (χ0n) is 18.1. The highest BCUT2D eigenvalue weighted by atomic mass is 79.9. The molecule has 1 saturated heterocycles. The van der Waals surface area contributed by atoms with Crippen LogP contribution in [0.15, 0.2) is 41.0 Å². The maximum atomic E-state index is 14.2. The third-order valence-corrected chi connectivity index (χ3v) is 6.14. The summed E-state index contributed by atoms with van der Waals surface area (Å²) in [7, 11) is 1.70. The minimum absolute atomic E-state index is 0.192. The molecule has 3 aromatic rings. The molecule has 4 rings (SSSR count). The Bertz CT molecular complexity index is 1250. The minimum Gasteiger partial charge on any atom is -0.482 e. The maximum absolute atomic E-state index is 14.2. The second-order valence-corrected chi connectivity index (χ2v) is 8.79. The second kappa shape index (κ2) is 9.19. The van der Waals surface area contributed by atoms with Crippen LogP contribution in [0.25, 0.3) is 0 Å². The van der Waals surface area contributed by atoms with Crippen molar-refractivity contribution in [1.82, 2.24) is 19.7 Å². The van der Waals surface area contributed by atoms with Crippen molar-refractivity contribution in [3.63, 3.8) is 0 Å². The summed E-state index contributed by atoms with van der Waals surface area (Å²) in [5, 5.41) is 13.7. The standard InChI is InChI=1S/C23H22BrFN6O2/c1-13(33-21-8-14(24)12-28-22(21)27)18-9-15(25)5-6-17(18)23(32)31-7-3-4-20(31)19-10-16(11-26)30(2)29-19/h5-6,8-10,12-13,20H,3-4,7H2,1-2H3,(H2,27,28)/t13?,20-/m0/s1. The van der Waals surface area contributed by atoms with E-state index in [4.69, 9.17) is 10.5 Å². The van der Waals surface area contributed by atoms with Crippen molar-refractivity contribution < 1.29 is 13.9 Å². The fourth-order valence-electron chi connectivity index (χ4n) is 4.07. The van der Waals surface area contributed by atoms with Crippen molar-refractivity contribution in [2.24, 2.45) is 7.05 Å². The number of likely N-dealkylation sites (tertiary alicyclic amines) is 1. The van der Waals surface area contributed by atoms with Gasteiger partial charge in [0.1, 0.15) is 23.7 Å². The first-order valence-corrected chi connectivity index (χ1v) is 11.2. The number of carbonyl (C=O) groups excluding carboxylic acids is 1. The molecule has 0 aliphatic carbocycles. The molecule has 1 amide bonds. The number of nitrogens with zero attached hydrogens (tertiary/aromatic N) is 5. The number of rotatable bonds is 5. The van der Waals surface area contributed by atoms with Crippen LogP contribution in [0.4, 0.5) is 10.2 Å². The largest absolute Gasteiger partial charge is 0.482 e. The number of amides is 1. The molecule has 1 fully saturated rings. The summed E-state index contributed by atoms with van der Waals surface area (Å²) in [5.41, 5.74) is 7.75. The Morgan fingerprint density at radius 2 is 2.18 bits per heavy atom. The Labute approximate surface area is 198 Å². The Morgan fingerprint density at radius 1 is 1.39 bits per heavy atom. The number of halogens is 2. The van der Waals surface area contributed by atoms with Crippen molar-refractivity contribution in [2.75, 3.05) is 12.3 Å². The van der Waals surface area contributed by atoms with Crippen molar-refractivity contribution in [2.45, 2.75) is 31.9 Å². The summed E-state index contributed by atoms with van der Waals surface area (Å²) < 4.78 is 22.3. The van der Waals surface area contributed by atoms with E-state index in [-0.39, 0.29) is 17.8 Å². The van der Waals surface area contributed by atoms with Crippen LogP contribution in [0.1, 0.15) is 59.2 Å². The number of nitrogen functional groups attached to an aromatic ring is 1. The molecule has 10 heteroatoms. The Balaban J connectivity index is 1.65. The van der Waals surface area contributed by atoms with Crippen LogP contribution in [0.3, 0.4) is 0 Å². The number of hydrogen-bond donors (Lipinski definition) is 1. The average molecular weight is 513 g/mol. The van der Waals surface area contributed by atoms with Gasteiger partial charge in [-0.3, -0.25) is 9.48 Å². The van der Waals surface area contributed by atoms with E-state index in [0.717, 1.165) is 12.8 Å². The molecule has 1 aromatic carbocycles. The monoisotopic (exact) mass is 512 g/mol. The number of nitrogens with two attached hydrogens (primary N) is 1. The molecular formula is C23H22BrFN6O2. The molecule has 1 unspecified atom stereocenters. The van der Waals surface area contributed by atoms with E-state index in [0.29, 0.717) is 39.3 Å². The number of hydrogen-bond acceptors (Lipinski definition) is 6. The highest BCUT2D eigenvalue weighted by molar-refractivity contribution is 9.10. The normalized spacial score (nSPS) is 16.5. The van der Waals surface area contributed by atoms with Crippen LogP contribution in [0.2, 0.25) is 0 Å². The lowest BCUT2D eigenvalue weighted by molar-refractivity contribution is 0.0727. The van der Waals surface area contributed by atoms with Crippen LogP contribution in [-0.4, -0.2) is 32.1 Å². The quantitative estimate of drug-likeness (QED) is 0.545. The van der Waals surface area contributed by atoms with Crippen molar-refractivity contribution in [3.05, 3.63) is 69.3 Å². The summed E-state index contributed by atoms with van der Waals surface area (Å²) in [5.74, 6) is -0.195. The van der Waals surface area contributed by atoms with Crippen LogP contribution in [-0.2, 0) is 7.05 Å². The summed E-state index contributed by atoms with van der Waals surface area (Å²) in [6.45, 7) is 2.27. The number of benzene rings is 1. The number of anilines is 1. The Kier molecular flexibility index (Phi) is 6.33. The van der Waals surface area contributed by atoms with Gasteiger partial charge in [0.2, 0.25) is 0 Å². The van der Waals surface area contributed by atoms with E-state index in [1.54, 1.807) is 37.2 Å². The van der Waals surface area contributed by atoms with Crippen molar-refractivity contribution in [3.8, 4) is 11.8 Å². The minimum atomic E-state index is -0.667. The predicted molar refractivity (Wildman–Crippen MR) is 123 cm³/mol. The molecule has 3 heterocycles. The molecule has 2 atom stereocenters. The summed E-state index contributed by atoms with van der Waals surface area (Å²) in [4.78, 5) is 19.4. The molecule has 0 spiro atoms. The number of aryl methyl sites for hydroxylation is 1. The van der Waals surface area contributed by atoms with Crippen molar-refractivity contribution in [1.29, 1.82) is 5.26 Å². The topological polar surface area (TPSA) is 110 Å². The SMILES string of the molecule is CC(Oc1cc(Br)cnc1N)c1cc(F)ccc1C(=O)N1CCC[C@H]1c1cc(C#N)n(C)n1. The molecule has 0 bridgehead atoms. The number of ether oxygens (including phenoxy) is 1. The highest BCUT2D eigenvalue weighted by Crippen LogP contribution is 2.35. The fourth-order valence-corrected chi connectivity index (χ4v) is 4.38. The fraction of sp³-hybridized carbons (Fsp3) is 0.304. The van der Waals surface area contributed by atoms with Gasteiger partial charge >= 0.3 is 0 Å². The van der Waals surface area contributed by atoms with Crippen LogP contribution < -0.4 is 10.5 Å². The molecular weight excluding hydrogens is 491 g/mol. The van der Waals surface area contributed by atoms with Crippen LogP contribution in [0.5, 0.6) is 5.75 Å². The number of carbonyl (C=O) groups is 1. The molecule has 2 aromatic heterocycles. The van der Waals surface area contributed by atoms with Crippen molar-refractivity contribution >= 4 is 27.7 Å². The van der Waals surface area contributed by atoms with Gasteiger partial charge in [-0.15, -0.1) is 0 Å². The summed E-state index contributed by atoms with van der Waals surface area (Å²) in [6, 6.07) is 9.26. The van der Waals surface area contributed by atoms with E-state index >= 15 is 0 Å². The second-order valence-electron chi connectivity index (χ2n) is 7.87. The number of pyridine rings is 1. The lowest BCUT2D eigenvalue weighted by Crippen LogP contribution is -2.32. The zero-order valence-corrected chi connectivity index (χ0v) is 19.7. The smallest absolute Gasteiger partial charge is 0.254 e. The zero-order chi connectivity index (χ0) is 23.7. The van der Waals surface area contributed by atoms with Gasteiger partial charge in [-0.25, -0.2) is 9.37 Å². The van der Waals surface area contributed by atoms with Gasteiger partial charge in [-0.05, 0) is 66.0 Å². The lowest BCUT2D eigenvalue weighted by Gasteiger charge is -2.26. The van der Waals surface area contributed by atoms with Gasteiger partial charge in [0, 0.05) is 35.4 Å². The average Bonchev–Trinajstić information content (AvgIpc) is 3.42. The lowest BCUT2D eigenvalue weighted by atomic mass is 10.0. The van der Waals surface area contributed by atoms with E-state index in [2.05, 4.69) is 32.1 Å². The summed E-state index contributed by atoms with van der Waals surface area (Å²) >= 11 is 3.33. The number of nitriles is 1. The molecule has 170 valence electrons. The first-order chi connectivity index (χ1) is 15.8. The van der Waals surface area contributed by atoms with E-state index in [1.165, 1.54) is 22.9 Å². The van der Waals surface area contributed by atoms with Gasteiger partial charge in [0.15, 0.2) is 11.6 Å². The molecule has 1 aliphatic heterocycles. The predicted octanol–water partition coefficient (Wildman–Crippen LogP) is 4.29. The third kappa shape index (κ3) is 4.54. The van der Waals surface area contributed by atoms with Gasteiger partial charge in [0.05, 0.1) is 11.7 Å². The Hall–Kier alpha value is -3.45. The third-order valence-electron chi connectivity index (χ3n) is 5.70.